The summed E-state index contributed by atoms with van der Waals surface area (Å²) in [6.45, 7) is 5.62. The monoisotopic (exact) mass is 327 g/mol. The van der Waals surface area contributed by atoms with Crippen molar-refractivity contribution in [3.8, 4) is 5.75 Å². The van der Waals surface area contributed by atoms with Crippen LogP contribution >= 0.6 is 0 Å². The Morgan fingerprint density at radius 2 is 1.88 bits per heavy atom. The second-order valence-electron chi connectivity index (χ2n) is 8.18. The third kappa shape index (κ3) is 2.44. The molecule has 0 heterocycles. The molecule has 1 amide bonds. The van der Waals surface area contributed by atoms with Gasteiger partial charge in [0.25, 0.3) is 5.91 Å². The largest absolute Gasteiger partial charge is 0.478 e. The highest BCUT2D eigenvalue weighted by Gasteiger charge is 2.59. The summed E-state index contributed by atoms with van der Waals surface area (Å²) < 4.78 is 5.92. The Hall–Kier alpha value is -1.81. The average Bonchev–Trinajstić information content (AvgIpc) is 2.53. The van der Waals surface area contributed by atoms with Crippen LogP contribution < -0.4 is 10.1 Å². The number of nitrogens with one attached hydrogen (secondary N) is 1. The number of carbonyl (C=O) groups excluding carboxylic acids is 1. The van der Waals surface area contributed by atoms with Crippen LogP contribution in [0.5, 0.6) is 5.75 Å². The van der Waals surface area contributed by atoms with Crippen LogP contribution in [-0.4, -0.2) is 28.3 Å². The third-order valence-electron chi connectivity index (χ3n) is 5.88. The van der Waals surface area contributed by atoms with E-state index in [9.17, 15) is 9.90 Å². The first-order chi connectivity index (χ1) is 11.3. The minimum atomic E-state index is -0.927. The number of amides is 1. The maximum absolute atomic E-state index is 12.7. The molecule has 0 spiro atoms. The van der Waals surface area contributed by atoms with Gasteiger partial charge in [0.05, 0.1) is 5.60 Å². The predicted molar refractivity (Wildman–Crippen MR) is 91.7 cm³/mol. The number of aliphatic hydroxyl groups is 1. The molecule has 4 atom stereocenters. The summed E-state index contributed by atoms with van der Waals surface area (Å²) in [6.07, 6.45) is 4.51. The zero-order valence-electron chi connectivity index (χ0n) is 14.5. The summed E-state index contributed by atoms with van der Waals surface area (Å²) in [4.78, 5) is 12.7. The van der Waals surface area contributed by atoms with Gasteiger partial charge in [-0.3, -0.25) is 4.79 Å². The minimum absolute atomic E-state index is 0.0897. The highest BCUT2D eigenvalue weighted by Crippen LogP contribution is 2.58. The van der Waals surface area contributed by atoms with Crippen LogP contribution in [0.2, 0.25) is 0 Å². The van der Waals surface area contributed by atoms with E-state index in [1.807, 2.05) is 31.2 Å². The molecule has 24 heavy (non-hydrogen) atoms. The molecule has 5 aliphatic rings. The smallest absolute Gasteiger partial charge is 0.263 e. The van der Waals surface area contributed by atoms with Crippen molar-refractivity contribution in [2.45, 2.75) is 57.3 Å². The van der Waals surface area contributed by atoms with Crippen LogP contribution in [0.4, 0.5) is 0 Å². The first kappa shape index (κ1) is 15.7. The van der Waals surface area contributed by atoms with Crippen LogP contribution in [-0.2, 0) is 4.79 Å². The van der Waals surface area contributed by atoms with Gasteiger partial charge in [0.15, 0.2) is 5.60 Å². The molecule has 128 valence electrons. The number of ether oxygens (including phenoxy) is 1. The second-order valence-corrected chi connectivity index (χ2v) is 8.18. The van der Waals surface area contributed by atoms with Gasteiger partial charge in [0.1, 0.15) is 5.75 Å². The van der Waals surface area contributed by atoms with Crippen LogP contribution in [0.25, 0.3) is 0 Å². The molecule has 5 aliphatic carbocycles. The van der Waals surface area contributed by atoms with E-state index >= 15 is 0 Å². The fourth-order valence-electron chi connectivity index (χ4n) is 4.49. The molecule has 4 heteroatoms. The Morgan fingerprint density at radius 3 is 2.46 bits per heavy atom. The van der Waals surface area contributed by atoms with E-state index in [0.29, 0.717) is 17.6 Å². The molecule has 1 aromatic carbocycles. The first-order valence-electron chi connectivity index (χ1n) is 8.76. The van der Waals surface area contributed by atoms with Crippen molar-refractivity contribution < 1.29 is 14.6 Å². The topological polar surface area (TPSA) is 58.6 Å². The molecule has 4 bridgehead atoms. The Labute approximate surface area is 142 Å². The van der Waals surface area contributed by atoms with Gasteiger partial charge in [-0.1, -0.05) is 29.3 Å². The number of aryl methyl sites for hydroxylation is 1. The van der Waals surface area contributed by atoms with Crippen molar-refractivity contribution in [1.82, 2.24) is 5.32 Å². The highest BCUT2D eigenvalue weighted by molar-refractivity contribution is 5.85. The molecular formula is C20H25NO3. The number of carbonyl (C=O) groups is 1. The fraction of sp³-hybridized carbons (Fsp3) is 0.550. The molecule has 0 saturated heterocycles. The Morgan fingerprint density at radius 1 is 1.25 bits per heavy atom. The summed E-state index contributed by atoms with van der Waals surface area (Å²) in [5.74, 6) is 1.22. The number of fused-ring (bicyclic) bond motifs is 1. The molecule has 1 aromatic rings. The molecule has 2 N–H and O–H groups in total. The van der Waals surface area contributed by atoms with E-state index in [1.54, 1.807) is 13.8 Å². The molecule has 6 rings (SSSR count). The molecule has 3 fully saturated rings. The Bertz CT molecular complexity index is 688. The van der Waals surface area contributed by atoms with Crippen LogP contribution in [0, 0.1) is 18.8 Å². The Kier molecular flexibility index (Phi) is 3.33. The molecule has 0 aliphatic heterocycles. The number of hydrogen-bond donors (Lipinski definition) is 2. The van der Waals surface area contributed by atoms with Gasteiger partial charge in [-0.25, -0.2) is 0 Å². The average molecular weight is 327 g/mol. The van der Waals surface area contributed by atoms with E-state index in [4.69, 9.17) is 4.74 Å². The number of benzene rings is 1. The first-order valence-corrected chi connectivity index (χ1v) is 8.76. The fourth-order valence-corrected chi connectivity index (χ4v) is 4.49. The molecule has 3 saturated carbocycles. The summed E-state index contributed by atoms with van der Waals surface area (Å²) in [7, 11) is 0. The maximum Gasteiger partial charge on any atom is 0.263 e. The third-order valence-corrected chi connectivity index (χ3v) is 5.88. The molecule has 2 unspecified atom stereocenters. The van der Waals surface area contributed by atoms with Gasteiger partial charge in [-0.2, -0.15) is 0 Å². The van der Waals surface area contributed by atoms with Gasteiger partial charge in [0, 0.05) is 17.9 Å². The molecule has 4 nitrogen and oxygen atoms in total. The van der Waals surface area contributed by atoms with E-state index in [0.717, 1.165) is 24.8 Å². The highest BCUT2D eigenvalue weighted by atomic mass is 16.5. The maximum atomic E-state index is 12.7. The lowest BCUT2D eigenvalue weighted by molar-refractivity contribution is -0.140. The lowest BCUT2D eigenvalue weighted by Gasteiger charge is -2.60. The van der Waals surface area contributed by atoms with E-state index in [2.05, 4.69) is 11.4 Å². The molecule has 0 radical (unpaired) electrons. The predicted octanol–water partition coefficient (Wildman–Crippen LogP) is 2.74. The van der Waals surface area contributed by atoms with Crippen molar-refractivity contribution in [3.63, 3.8) is 0 Å². The van der Waals surface area contributed by atoms with Gasteiger partial charge in [0.2, 0.25) is 0 Å². The van der Waals surface area contributed by atoms with Crippen LogP contribution in [0.15, 0.2) is 35.9 Å². The van der Waals surface area contributed by atoms with Crippen molar-refractivity contribution in [2.24, 2.45) is 11.8 Å². The standard InChI is InChI=1S/C20H25NO3/c1-12-4-6-13(7-5-12)24-19(2,3)18(22)21-17-15-10-20(23)9-8-14(15)16(17)11-20/h4-8,15-17,23H,9-11H2,1-3H3,(H,21,22)/t15-,16+,17?,20?. The van der Waals surface area contributed by atoms with E-state index < -0.39 is 11.2 Å². The Balaban J connectivity index is 1.42. The lowest BCUT2D eigenvalue weighted by atomic mass is 9.49. The summed E-state index contributed by atoms with van der Waals surface area (Å²) >= 11 is 0. The zero-order chi connectivity index (χ0) is 17.1. The number of rotatable bonds is 4. The van der Waals surface area contributed by atoms with Gasteiger partial charge < -0.3 is 15.2 Å². The van der Waals surface area contributed by atoms with E-state index in [1.165, 1.54) is 5.57 Å². The summed E-state index contributed by atoms with van der Waals surface area (Å²) in [5.41, 5.74) is 1.14. The van der Waals surface area contributed by atoms with Crippen LogP contribution in [0.3, 0.4) is 0 Å². The number of hydrogen-bond acceptors (Lipinski definition) is 3. The normalized spacial score (nSPS) is 33.5. The van der Waals surface area contributed by atoms with Gasteiger partial charge in [-0.15, -0.1) is 0 Å². The van der Waals surface area contributed by atoms with Crippen molar-refractivity contribution in [1.29, 1.82) is 0 Å². The van der Waals surface area contributed by atoms with Gasteiger partial charge >= 0.3 is 0 Å². The lowest BCUT2D eigenvalue weighted by Crippen LogP contribution is -2.67. The zero-order valence-corrected chi connectivity index (χ0v) is 14.5. The van der Waals surface area contributed by atoms with Crippen LogP contribution in [0.1, 0.15) is 38.7 Å². The van der Waals surface area contributed by atoms with Gasteiger partial charge in [-0.05, 0) is 52.2 Å². The summed E-state index contributed by atoms with van der Waals surface area (Å²) in [5, 5.41) is 13.6. The van der Waals surface area contributed by atoms with Crippen molar-refractivity contribution in [2.75, 3.05) is 0 Å². The minimum Gasteiger partial charge on any atom is -0.478 e. The molecule has 0 aromatic heterocycles. The second kappa shape index (κ2) is 5.09. The molecular weight excluding hydrogens is 302 g/mol. The van der Waals surface area contributed by atoms with Crippen molar-refractivity contribution >= 4 is 5.91 Å². The van der Waals surface area contributed by atoms with Crippen molar-refractivity contribution in [3.05, 3.63) is 41.5 Å². The van der Waals surface area contributed by atoms with E-state index in [-0.39, 0.29) is 11.9 Å². The quantitative estimate of drug-likeness (QED) is 0.836. The SMILES string of the molecule is Cc1ccc(OC(C)(C)C(=O)NC2[C@@H]3CC4(O)CC=C3[C@@H]2C4)cc1. The summed E-state index contributed by atoms with van der Waals surface area (Å²) in [6, 6.07) is 7.88.